The molecule has 0 aromatic carbocycles. The standard InChI is InChI=1S/C4H8N2O2S/c1-4(2)9(7,8)6-3-5/h4,6H,1-2H3. The van der Waals surface area contributed by atoms with E-state index in [4.69, 9.17) is 5.26 Å². The zero-order chi connectivity index (χ0) is 7.49. The van der Waals surface area contributed by atoms with Crippen molar-refractivity contribution in [3.05, 3.63) is 0 Å². The highest BCUT2D eigenvalue weighted by Crippen LogP contribution is 1.93. The number of nitriles is 1. The smallest absolute Gasteiger partial charge is 0.219 e. The maximum atomic E-state index is 10.6. The molecular weight excluding hydrogens is 140 g/mol. The van der Waals surface area contributed by atoms with Gasteiger partial charge in [0.1, 0.15) is 0 Å². The molecule has 0 bridgehead atoms. The van der Waals surface area contributed by atoms with Crippen LogP contribution in [0.2, 0.25) is 0 Å². The van der Waals surface area contributed by atoms with E-state index in [0.29, 0.717) is 0 Å². The minimum absolute atomic E-state index is 0.544. The Bertz CT molecular complexity index is 211. The summed E-state index contributed by atoms with van der Waals surface area (Å²) >= 11 is 0. The third kappa shape index (κ3) is 2.33. The molecule has 0 saturated heterocycles. The molecule has 0 heterocycles. The lowest BCUT2D eigenvalue weighted by molar-refractivity contribution is 0.582. The third-order valence-corrected chi connectivity index (χ3v) is 2.43. The maximum Gasteiger partial charge on any atom is 0.243 e. The highest BCUT2D eigenvalue weighted by atomic mass is 32.2. The number of sulfonamides is 1. The van der Waals surface area contributed by atoms with Crippen LogP contribution >= 0.6 is 0 Å². The second-order valence-corrected chi connectivity index (χ2v) is 4.04. The summed E-state index contributed by atoms with van der Waals surface area (Å²) in [6.07, 6.45) is 1.35. The summed E-state index contributed by atoms with van der Waals surface area (Å²) in [5.41, 5.74) is 0. The summed E-state index contributed by atoms with van der Waals surface area (Å²) in [7, 11) is -3.36. The van der Waals surface area contributed by atoms with Gasteiger partial charge in [-0.15, -0.1) is 0 Å². The summed E-state index contributed by atoms with van der Waals surface area (Å²) in [6.45, 7) is 3.00. The molecule has 0 amide bonds. The van der Waals surface area contributed by atoms with Crippen molar-refractivity contribution in [2.45, 2.75) is 19.1 Å². The second kappa shape index (κ2) is 2.69. The lowest BCUT2D eigenvalue weighted by Crippen LogP contribution is -2.26. The quantitative estimate of drug-likeness (QED) is 0.435. The number of nitrogens with zero attached hydrogens (tertiary/aromatic N) is 1. The zero-order valence-corrected chi connectivity index (χ0v) is 6.07. The summed E-state index contributed by atoms with van der Waals surface area (Å²) in [5, 5.41) is 7.37. The van der Waals surface area contributed by atoms with Crippen LogP contribution in [0.1, 0.15) is 13.8 Å². The van der Waals surface area contributed by atoms with Gasteiger partial charge in [0.05, 0.1) is 5.25 Å². The summed E-state index contributed by atoms with van der Waals surface area (Å²) in [6, 6.07) is 0. The van der Waals surface area contributed by atoms with Crippen molar-refractivity contribution >= 4 is 10.0 Å². The molecule has 0 aliphatic carbocycles. The third-order valence-electron chi connectivity index (χ3n) is 0.809. The highest BCUT2D eigenvalue weighted by Gasteiger charge is 2.13. The zero-order valence-electron chi connectivity index (χ0n) is 5.25. The van der Waals surface area contributed by atoms with Crippen LogP contribution in [0, 0.1) is 11.5 Å². The Hall–Kier alpha value is -0.760. The van der Waals surface area contributed by atoms with Gasteiger partial charge in [0.15, 0.2) is 6.19 Å². The van der Waals surface area contributed by atoms with Crippen LogP contribution in [0.5, 0.6) is 0 Å². The average Bonchev–Trinajstić information content (AvgIpc) is 1.65. The van der Waals surface area contributed by atoms with E-state index in [1.165, 1.54) is 20.0 Å². The van der Waals surface area contributed by atoms with E-state index in [9.17, 15) is 8.42 Å². The largest absolute Gasteiger partial charge is 0.243 e. The Morgan fingerprint density at radius 2 is 2.00 bits per heavy atom. The number of nitrogens with one attached hydrogen (secondary N) is 1. The normalized spacial score (nSPS) is 10.9. The fraction of sp³-hybridized carbons (Fsp3) is 0.750. The lowest BCUT2D eigenvalue weighted by Gasteiger charge is -2.01. The highest BCUT2D eigenvalue weighted by molar-refractivity contribution is 7.90. The van der Waals surface area contributed by atoms with Crippen LogP contribution in [0.4, 0.5) is 0 Å². The Morgan fingerprint density at radius 1 is 1.56 bits per heavy atom. The molecule has 0 fully saturated rings. The predicted molar refractivity (Wildman–Crippen MR) is 32.8 cm³/mol. The SMILES string of the molecule is CC(C)S(=O)(=O)NC#N. The van der Waals surface area contributed by atoms with Crippen molar-refractivity contribution in [3.8, 4) is 6.19 Å². The monoisotopic (exact) mass is 148 g/mol. The molecule has 0 atom stereocenters. The summed E-state index contributed by atoms with van der Waals surface area (Å²) in [4.78, 5) is 0. The Morgan fingerprint density at radius 3 is 2.11 bits per heavy atom. The molecule has 5 heteroatoms. The summed E-state index contributed by atoms with van der Waals surface area (Å²) in [5.74, 6) is 0. The van der Waals surface area contributed by atoms with E-state index in [2.05, 4.69) is 0 Å². The van der Waals surface area contributed by atoms with E-state index in [-0.39, 0.29) is 0 Å². The second-order valence-electron chi connectivity index (χ2n) is 1.81. The molecule has 0 rings (SSSR count). The lowest BCUT2D eigenvalue weighted by atomic mass is 10.6. The van der Waals surface area contributed by atoms with Crippen LogP contribution in [-0.4, -0.2) is 13.7 Å². The molecule has 0 unspecified atom stereocenters. The van der Waals surface area contributed by atoms with Crippen molar-refractivity contribution in [1.29, 1.82) is 5.26 Å². The molecule has 52 valence electrons. The van der Waals surface area contributed by atoms with Crippen molar-refractivity contribution in [2.75, 3.05) is 0 Å². The number of hydrogen-bond donors (Lipinski definition) is 1. The van der Waals surface area contributed by atoms with Crippen molar-refractivity contribution in [3.63, 3.8) is 0 Å². The van der Waals surface area contributed by atoms with E-state index in [1.807, 2.05) is 0 Å². The topological polar surface area (TPSA) is 70.0 Å². The molecule has 0 spiro atoms. The Kier molecular flexibility index (Phi) is 2.46. The van der Waals surface area contributed by atoms with Gasteiger partial charge in [-0.25, -0.2) is 13.1 Å². The van der Waals surface area contributed by atoms with Gasteiger partial charge in [0, 0.05) is 0 Å². The predicted octanol–water partition coefficient (Wildman–Crippen LogP) is -0.205. The minimum atomic E-state index is -3.36. The molecule has 0 radical (unpaired) electrons. The van der Waals surface area contributed by atoms with Crippen LogP contribution < -0.4 is 4.72 Å². The minimum Gasteiger partial charge on any atom is -0.219 e. The van der Waals surface area contributed by atoms with Gasteiger partial charge in [-0.2, -0.15) is 5.26 Å². The van der Waals surface area contributed by atoms with E-state index >= 15 is 0 Å². The molecule has 9 heavy (non-hydrogen) atoms. The van der Waals surface area contributed by atoms with Crippen LogP contribution in [0.15, 0.2) is 0 Å². The average molecular weight is 148 g/mol. The molecule has 0 aromatic heterocycles. The molecule has 0 aliphatic rings. The molecule has 1 N–H and O–H groups in total. The first-order chi connectivity index (χ1) is 4.00. The van der Waals surface area contributed by atoms with Gasteiger partial charge in [0.25, 0.3) is 0 Å². The fourth-order valence-corrected chi connectivity index (χ4v) is 0.544. The van der Waals surface area contributed by atoms with Crippen molar-refractivity contribution < 1.29 is 8.42 Å². The molecular formula is C4H8N2O2S. The first kappa shape index (κ1) is 8.24. The van der Waals surface area contributed by atoms with Gasteiger partial charge in [-0.1, -0.05) is 0 Å². The van der Waals surface area contributed by atoms with E-state index in [1.54, 1.807) is 4.72 Å². The Balaban J connectivity index is 4.28. The maximum absolute atomic E-state index is 10.6. The summed E-state index contributed by atoms with van der Waals surface area (Å²) < 4.78 is 22.9. The van der Waals surface area contributed by atoms with Gasteiger partial charge in [-0.05, 0) is 13.8 Å². The fourth-order valence-electron chi connectivity index (χ4n) is 0.181. The van der Waals surface area contributed by atoms with Gasteiger partial charge in [0.2, 0.25) is 10.0 Å². The van der Waals surface area contributed by atoms with Gasteiger partial charge >= 0.3 is 0 Å². The first-order valence-corrected chi connectivity index (χ1v) is 3.95. The first-order valence-electron chi connectivity index (χ1n) is 2.40. The Labute approximate surface area is 54.5 Å². The van der Waals surface area contributed by atoms with Crippen molar-refractivity contribution in [1.82, 2.24) is 4.72 Å². The van der Waals surface area contributed by atoms with Crippen molar-refractivity contribution in [2.24, 2.45) is 0 Å². The molecule has 0 aromatic rings. The molecule has 0 aliphatic heterocycles. The van der Waals surface area contributed by atoms with Crippen LogP contribution in [0.25, 0.3) is 0 Å². The van der Waals surface area contributed by atoms with Gasteiger partial charge < -0.3 is 0 Å². The van der Waals surface area contributed by atoms with Gasteiger partial charge in [-0.3, -0.25) is 0 Å². The van der Waals surface area contributed by atoms with Crippen LogP contribution in [-0.2, 0) is 10.0 Å². The van der Waals surface area contributed by atoms with E-state index in [0.717, 1.165) is 0 Å². The number of hydrogen-bond acceptors (Lipinski definition) is 3. The molecule has 4 nitrogen and oxygen atoms in total. The molecule has 0 saturated carbocycles. The van der Waals surface area contributed by atoms with E-state index < -0.39 is 15.3 Å². The van der Waals surface area contributed by atoms with Crippen LogP contribution in [0.3, 0.4) is 0 Å². The number of rotatable bonds is 2.